The molecular weight excluding hydrogens is 218 g/mol. The molecule has 0 bridgehead atoms. The van der Waals surface area contributed by atoms with Gasteiger partial charge in [0.25, 0.3) is 0 Å². The van der Waals surface area contributed by atoms with E-state index in [1.165, 1.54) is 0 Å². The number of carbonyl (C=O) groups excluding carboxylic acids is 2. The highest BCUT2D eigenvalue weighted by molar-refractivity contribution is 6.39. The lowest BCUT2D eigenvalue weighted by atomic mass is 10.2. The van der Waals surface area contributed by atoms with Crippen molar-refractivity contribution in [1.82, 2.24) is 10.3 Å². The van der Waals surface area contributed by atoms with Crippen LogP contribution < -0.4 is 10.6 Å². The molecule has 0 atom stereocenters. The van der Waals surface area contributed by atoms with E-state index in [9.17, 15) is 9.59 Å². The topological polar surface area (TPSA) is 71.1 Å². The van der Waals surface area contributed by atoms with Crippen LogP contribution in [0.1, 0.15) is 19.4 Å². The van der Waals surface area contributed by atoms with E-state index in [-0.39, 0.29) is 0 Å². The highest BCUT2D eigenvalue weighted by Gasteiger charge is 2.14. The molecule has 5 heteroatoms. The molecule has 17 heavy (non-hydrogen) atoms. The van der Waals surface area contributed by atoms with Crippen LogP contribution in [-0.4, -0.2) is 23.3 Å². The number of amides is 2. The van der Waals surface area contributed by atoms with Crippen molar-refractivity contribution >= 4 is 17.6 Å². The summed E-state index contributed by atoms with van der Waals surface area (Å²) in [5, 5.41) is 5.01. The lowest BCUT2D eigenvalue weighted by molar-refractivity contribution is -0.136. The van der Waals surface area contributed by atoms with E-state index in [0.717, 1.165) is 5.56 Å². The molecular formula is C12H17N3O2. The average Bonchev–Trinajstić information content (AvgIpc) is 2.28. The molecule has 0 aliphatic rings. The molecule has 5 nitrogen and oxygen atoms in total. The zero-order valence-electron chi connectivity index (χ0n) is 10.3. The molecule has 0 unspecified atom stereocenters. The summed E-state index contributed by atoms with van der Waals surface area (Å²) in [7, 11) is 0. The number of pyridine rings is 1. The lowest BCUT2D eigenvalue weighted by Crippen LogP contribution is -2.37. The Bertz CT molecular complexity index is 416. The number of anilines is 1. The minimum absolute atomic E-state index is 0.309. The third kappa shape index (κ3) is 4.22. The minimum atomic E-state index is -0.688. The van der Waals surface area contributed by atoms with E-state index >= 15 is 0 Å². The summed E-state index contributed by atoms with van der Waals surface area (Å²) < 4.78 is 0. The van der Waals surface area contributed by atoms with E-state index in [1.807, 2.05) is 26.8 Å². The van der Waals surface area contributed by atoms with Gasteiger partial charge in [-0.1, -0.05) is 19.9 Å². The van der Waals surface area contributed by atoms with Crippen molar-refractivity contribution in [1.29, 1.82) is 0 Å². The van der Waals surface area contributed by atoms with E-state index in [4.69, 9.17) is 0 Å². The third-order valence-corrected chi connectivity index (χ3v) is 2.12. The van der Waals surface area contributed by atoms with Crippen LogP contribution in [0.3, 0.4) is 0 Å². The Balaban J connectivity index is 2.55. The van der Waals surface area contributed by atoms with E-state index < -0.39 is 11.8 Å². The molecule has 1 aromatic heterocycles. The van der Waals surface area contributed by atoms with Gasteiger partial charge in [0.15, 0.2) is 0 Å². The summed E-state index contributed by atoms with van der Waals surface area (Å²) in [5.74, 6) is -0.600. The van der Waals surface area contributed by atoms with Gasteiger partial charge in [0.05, 0.1) is 0 Å². The first-order valence-electron chi connectivity index (χ1n) is 5.51. The number of hydrogen-bond acceptors (Lipinski definition) is 3. The van der Waals surface area contributed by atoms with E-state index in [2.05, 4.69) is 15.6 Å². The average molecular weight is 235 g/mol. The Morgan fingerprint density at radius 2 is 2.06 bits per heavy atom. The number of carbonyl (C=O) groups is 2. The van der Waals surface area contributed by atoms with Crippen LogP contribution in [0.2, 0.25) is 0 Å². The normalized spacial score (nSPS) is 10.1. The van der Waals surface area contributed by atoms with Crippen molar-refractivity contribution in [2.75, 3.05) is 11.9 Å². The maximum atomic E-state index is 11.5. The van der Waals surface area contributed by atoms with Crippen molar-refractivity contribution in [3.8, 4) is 0 Å². The number of aryl methyl sites for hydroxylation is 1. The number of hydrogen-bond donors (Lipinski definition) is 2. The van der Waals surface area contributed by atoms with Crippen molar-refractivity contribution in [3.05, 3.63) is 23.9 Å². The van der Waals surface area contributed by atoms with Gasteiger partial charge in [-0.15, -0.1) is 0 Å². The van der Waals surface area contributed by atoms with Crippen LogP contribution in [0, 0.1) is 12.8 Å². The SMILES string of the molecule is Cc1cccnc1NC(=O)C(=O)NCC(C)C. The molecule has 2 amide bonds. The molecule has 0 radical (unpaired) electrons. The number of nitrogens with zero attached hydrogens (tertiary/aromatic N) is 1. The highest BCUT2D eigenvalue weighted by atomic mass is 16.2. The second-order valence-electron chi connectivity index (χ2n) is 4.23. The van der Waals surface area contributed by atoms with Crippen LogP contribution in [0.15, 0.2) is 18.3 Å². The van der Waals surface area contributed by atoms with Gasteiger partial charge in [-0.2, -0.15) is 0 Å². The maximum Gasteiger partial charge on any atom is 0.314 e. The first kappa shape index (κ1) is 13.2. The van der Waals surface area contributed by atoms with Crippen LogP contribution >= 0.6 is 0 Å². The Morgan fingerprint density at radius 3 is 2.65 bits per heavy atom. The molecule has 0 fully saturated rings. The molecule has 0 spiro atoms. The van der Waals surface area contributed by atoms with Crippen LogP contribution in [0.4, 0.5) is 5.82 Å². The zero-order chi connectivity index (χ0) is 12.8. The van der Waals surface area contributed by atoms with Gasteiger partial charge in [-0.25, -0.2) is 4.98 Å². The number of nitrogens with one attached hydrogen (secondary N) is 2. The van der Waals surface area contributed by atoms with Gasteiger partial charge in [0.2, 0.25) is 0 Å². The molecule has 0 aliphatic carbocycles. The molecule has 1 heterocycles. The molecule has 0 aliphatic heterocycles. The third-order valence-electron chi connectivity index (χ3n) is 2.12. The molecule has 0 aromatic carbocycles. The fourth-order valence-corrected chi connectivity index (χ4v) is 1.16. The largest absolute Gasteiger partial charge is 0.348 e. The standard InChI is InChI=1S/C12H17N3O2/c1-8(2)7-14-11(16)12(17)15-10-9(3)5-4-6-13-10/h4-6,8H,7H2,1-3H3,(H,14,16)(H,13,15,17). The monoisotopic (exact) mass is 235 g/mol. The Morgan fingerprint density at radius 1 is 1.35 bits per heavy atom. The van der Waals surface area contributed by atoms with Crippen molar-refractivity contribution in [2.45, 2.75) is 20.8 Å². The lowest BCUT2D eigenvalue weighted by Gasteiger charge is -2.08. The summed E-state index contributed by atoms with van der Waals surface area (Å²) in [6.07, 6.45) is 1.56. The van der Waals surface area contributed by atoms with Crippen LogP contribution in [0.5, 0.6) is 0 Å². The van der Waals surface area contributed by atoms with Gasteiger partial charge in [0, 0.05) is 12.7 Å². The summed E-state index contributed by atoms with van der Waals surface area (Å²) in [4.78, 5) is 26.9. The first-order valence-corrected chi connectivity index (χ1v) is 5.51. The Labute approximate surface area is 101 Å². The Hall–Kier alpha value is -1.91. The van der Waals surface area contributed by atoms with E-state index in [0.29, 0.717) is 18.3 Å². The molecule has 0 saturated heterocycles. The van der Waals surface area contributed by atoms with E-state index in [1.54, 1.807) is 12.3 Å². The van der Waals surface area contributed by atoms with Gasteiger partial charge in [-0.3, -0.25) is 9.59 Å². The molecule has 1 rings (SSSR count). The van der Waals surface area contributed by atoms with Crippen LogP contribution in [0.25, 0.3) is 0 Å². The van der Waals surface area contributed by atoms with Crippen LogP contribution in [-0.2, 0) is 9.59 Å². The second-order valence-corrected chi connectivity index (χ2v) is 4.23. The quantitative estimate of drug-likeness (QED) is 0.771. The Kier molecular flexibility index (Phi) is 4.63. The molecule has 2 N–H and O–H groups in total. The molecule has 92 valence electrons. The number of aromatic nitrogens is 1. The summed E-state index contributed by atoms with van der Waals surface area (Å²) in [6, 6.07) is 3.58. The van der Waals surface area contributed by atoms with Gasteiger partial charge < -0.3 is 10.6 Å². The maximum absolute atomic E-state index is 11.5. The van der Waals surface area contributed by atoms with Crippen molar-refractivity contribution in [2.24, 2.45) is 5.92 Å². The smallest absolute Gasteiger partial charge is 0.314 e. The summed E-state index contributed by atoms with van der Waals surface area (Å²) in [5.41, 5.74) is 0.817. The summed E-state index contributed by atoms with van der Waals surface area (Å²) in [6.45, 7) is 6.21. The first-order chi connectivity index (χ1) is 8.00. The summed E-state index contributed by atoms with van der Waals surface area (Å²) >= 11 is 0. The second kappa shape index (κ2) is 5.98. The zero-order valence-corrected chi connectivity index (χ0v) is 10.3. The van der Waals surface area contributed by atoms with Crippen molar-refractivity contribution < 1.29 is 9.59 Å². The predicted octanol–water partition coefficient (Wildman–Crippen LogP) is 1.10. The van der Waals surface area contributed by atoms with Gasteiger partial charge in [0.1, 0.15) is 5.82 Å². The fraction of sp³-hybridized carbons (Fsp3) is 0.417. The minimum Gasteiger partial charge on any atom is -0.348 e. The molecule has 1 aromatic rings. The predicted molar refractivity (Wildman–Crippen MR) is 65.5 cm³/mol. The highest BCUT2D eigenvalue weighted by Crippen LogP contribution is 2.08. The van der Waals surface area contributed by atoms with Crippen molar-refractivity contribution in [3.63, 3.8) is 0 Å². The fourth-order valence-electron chi connectivity index (χ4n) is 1.16. The van der Waals surface area contributed by atoms with Gasteiger partial charge >= 0.3 is 11.8 Å². The van der Waals surface area contributed by atoms with Gasteiger partial charge in [-0.05, 0) is 24.5 Å². The number of rotatable bonds is 3. The molecule has 0 saturated carbocycles.